The molecular formula is C24H12F30O4. The molecule has 0 heterocycles. The van der Waals surface area contributed by atoms with Crippen molar-refractivity contribution in [1.82, 2.24) is 0 Å². The monoisotopic (exact) mass is 934 g/mol. The van der Waals surface area contributed by atoms with Crippen LogP contribution in [0, 0.1) is 0 Å². The van der Waals surface area contributed by atoms with Crippen LogP contribution < -0.4 is 0 Å². The number of rotatable bonds is 13. The number of hydrogen-bond acceptors (Lipinski definition) is 4. The molecule has 0 aromatic rings. The Labute approximate surface area is 297 Å². The van der Waals surface area contributed by atoms with Gasteiger partial charge in [0.15, 0.2) is 6.61 Å². The lowest BCUT2D eigenvalue weighted by atomic mass is 9.72. The molecular weight excluding hydrogens is 922 g/mol. The molecule has 0 unspecified atom stereocenters. The number of carbonyl (C=O) groups is 2. The van der Waals surface area contributed by atoms with Gasteiger partial charge in [-0.1, -0.05) is 13.2 Å². The number of hydrogen-bond donors (Lipinski definition) is 0. The lowest BCUT2D eigenvalue weighted by Gasteiger charge is -2.52. The molecule has 0 N–H and O–H groups in total. The fraction of sp³-hybridized carbons (Fsp3) is 0.750. The van der Waals surface area contributed by atoms with Gasteiger partial charge in [0.2, 0.25) is 0 Å². The predicted molar refractivity (Wildman–Crippen MR) is 121 cm³/mol. The lowest BCUT2D eigenvalue weighted by molar-refractivity contribution is -0.487. The van der Waals surface area contributed by atoms with Crippen LogP contribution in [0.4, 0.5) is 132 Å². The van der Waals surface area contributed by atoms with Gasteiger partial charge in [0.1, 0.15) is 6.61 Å². The van der Waals surface area contributed by atoms with Crippen molar-refractivity contribution >= 4 is 11.9 Å². The van der Waals surface area contributed by atoms with Gasteiger partial charge < -0.3 is 9.47 Å². The van der Waals surface area contributed by atoms with Crippen LogP contribution in [-0.4, -0.2) is 114 Å². The van der Waals surface area contributed by atoms with E-state index in [1.807, 2.05) is 0 Å². The minimum atomic E-state index is -8.99. The number of alkyl halides is 30. The van der Waals surface area contributed by atoms with Crippen molar-refractivity contribution < 1.29 is 151 Å². The van der Waals surface area contributed by atoms with E-state index >= 15 is 0 Å². The molecule has 1 aliphatic carbocycles. The second kappa shape index (κ2) is 14.5. The van der Waals surface area contributed by atoms with Gasteiger partial charge in [-0.05, 0) is 6.92 Å². The van der Waals surface area contributed by atoms with E-state index in [0.717, 1.165) is 0 Å². The SMILES string of the molecule is C=C(C)C(=O)OCC(F)(F)C(F)(F)C(F)(F)C(F)(F)C(F)(F)C(F)(F)C(F)(F)C(F)(F)C(F)(F)F.C=CC(=O)OCC1(F)C(F)(F)C(F)(F)C(F)(F)C(F)(F)C1(F)F. The summed E-state index contributed by atoms with van der Waals surface area (Å²) >= 11 is 0. The van der Waals surface area contributed by atoms with Crippen LogP contribution in [0.1, 0.15) is 6.92 Å². The Kier molecular flexibility index (Phi) is 13.6. The summed E-state index contributed by atoms with van der Waals surface area (Å²) in [5.41, 5.74) is -7.24. The molecule has 0 aromatic heterocycles. The van der Waals surface area contributed by atoms with Gasteiger partial charge in [0.05, 0.1) is 0 Å². The Hall–Kier alpha value is -3.68. The maximum atomic E-state index is 13.9. The molecule has 34 heteroatoms. The molecule has 0 bridgehead atoms. The van der Waals surface area contributed by atoms with Crippen molar-refractivity contribution in [2.24, 2.45) is 0 Å². The van der Waals surface area contributed by atoms with E-state index in [1.165, 1.54) is 0 Å². The highest BCUT2D eigenvalue weighted by Gasteiger charge is 3.01. The third kappa shape index (κ3) is 7.00. The molecule has 4 nitrogen and oxygen atoms in total. The van der Waals surface area contributed by atoms with Gasteiger partial charge in [0, 0.05) is 11.6 Å². The molecule has 0 aromatic carbocycles. The van der Waals surface area contributed by atoms with Crippen LogP contribution in [0.25, 0.3) is 0 Å². The molecule has 1 saturated carbocycles. The van der Waals surface area contributed by atoms with Gasteiger partial charge in [-0.15, -0.1) is 0 Å². The summed E-state index contributed by atoms with van der Waals surface area (Å²) in [7, 11) is 0. The van der Waals surface area contributed by atoms with Crippen molar-refractivity contribution in [3.63, 3.8) is 0 Å². The quantitative estimate of drug-likeness (QED) is 0.105. The normalized spacial score (nSPS) is 20.9. The smallest absolute Gasteiger partial charge is 0.459 e. The summed E-state index contributed by atoms with van der Waals surface area (Å²) in [6.45, 7) is -0.537. The molecule has 0 amide bonds. The zero-order valence-electron chi connectivity index (χ0n) is 26.4. The summed E-state index contributed by atoms with van der Waals surface area (Å²) in [6.07, 6.45) is -7.86. The summed E-state index contributed by atoms with van der Waals surface area (Å²) in [5.74, 6) is -107. The number of esters is 2. The maximum Gasteiger partial charge on any atom is 0.460 e. The van der Waals surface area contributed by atoms with Gasteiger partial charge in [-0.2, -0.15) is 127 Å². The van der Waals surface area contributed by atoms with Gasteiger partial charge >= 0.3 is 95.1 Å². The maximum absolute atomic E-state index is 13.9. The Morgan fingerprint density at radius 1 is 0.483 bits per heavy atom. The minimum Gasteiger partial charge on any atom is -0.459 e. The molecule has 342 valence electrons. The summed E-state index contributed by atoms with van der Waals surface area (Å²) < 4.78 is 399. The molecule has 0 radical (unpaired) electrons. The van der Waals surface area contributed by atoms with E-state index in [2.05, 4.69) is 22.6 Å². The molecule has 1 fully saturated rings. The van der Waals surface area contributed by atoms with E-state index < -0.39 is 120 Å². The van der Waals surface area contributed by atoms with Crippen LogP contribution in [0.15, 0.2) is 24.8 Å². The van der Waals surface area contributed by atoms with Gasteiger partial charge in [-0.3, -0.25) is 0 Å². The van der Waals surface area contributed by atoms with Crippen LogP contribution in [0.3, 0.4) is 0 Å². The van der Waals surface area contributed by atoms with E-state index in [0.29, 0.717) is 6.92 Å². The highest BCUT2D eigenvalue weighted by molar-refractivity contribution is 5.86. The zero-order chi connectivity index (χ0) is 47.8. The highest BCUT2D eigenvalue weighted by atomic mass is 19.4. The number of halogens is 30. The second-order valence-electron chi connectivity index (χ2n) is 11.1. The van der Waals surface area contributed by atoms with Crippen LogP contribution in [-0.2, 0) is 19.1 Å². The third-order valence-corrected chi connectivity index (χ3v) is 7.07. The van der Waals surface area contributed by atoms with Crippen LogP contribution in [0.2, 0.25) is 0 Å². The average Bonchev–Trinajstić information content (AvgIpc) is 3.03. The molecule has 0 spiro atoms. The standard InChI is InChI=1S/C14H7F19O2.C10H5F11O2/c1-4(2)5(34)35-3-6(15,16)7(17,18)8(19,20)9(21,22)10(23,24)11(25,26)12(27,28)13(29,30)14(31,32)33;1-2-4(22)23-3-5(11)6(12,13)8(16,17)10(20,21)9(18,19)7(5,14)15/h1,3H2,2H3;2H,1,3H2. The third-order valence-electron chi connectivity index (χ3n) is 7.07. The van der Waals surface area contributed by atoms with Gasteiger partial charge in [0.25, 0.3) is 5.67 Å². The largest absolute Gasteiger partial charge is 0.460 e. The van der Waals surface area contributed by atoms with E-state index in [-0.39, 0.29) is 6.08 Å². The Morgan fingerprint density at radius 3 is 1.03 bits per heavy atom. The Balaban J connectivity index is 0.00000122. The first-order chi connectivity index (χ1) is 24.8. The van der Waals surface area contributed by atoms with Crippen LogP contribution in [0.5, 0.6) is 0 Å². The molecule has 1 rings (SSSR count). The van der Waals surface area contributed by atoms with Crippen molar-refractivity contribution in [2.45, 2.75) is 95.8 Å². The van der Waals surface area contributed by atoms with Crippen molar-refractivity contribution in [1.29, 1.82) is 0 Å². The Morgan fingerprint density at radius 2 is 0.759 bits per heavy atom. The number of carbonyl (C=O) groups excluding carboxylic acids is 2. The first kappa shape index (κ1) is 54.3. The van der Waals surface area contributed by atoms with Crippen molar-refractivity contribution in [2.75, 3.05) is 13.2 Å². The fourth-order valence-electron chi connectivity index (χ4n) is 3.46. The zero-order valence-corrected chi connectivity index (χ0v) is 26.4. The topological polar surface area (TPSA) is 52.6 Å². The molecule has 0 aliphatic heterocycles. The molecule has 0 saturated heterocycles. The summed E-state index contributed by atoms with van der Waals surface area (Å²) in [6, 6.07) is 0. The Bertz CT molecular complexity index is 1540. The highest BCUT2D eigenvalue weighted by Crippen LogP contribution is 2.70. The van der Waals surface area contributed by atoms with Crippen molar-refractivity contribution in [3.05, 3.63) is 24.8 Å². The molecule has 58 heavy (non-hydrogen) atoms. The number of ether oxygens (including phenoxy) is 2. The van der Waals surface area contributed by atoms with E-state index in [1.54, 1.807) is 0 Å². The summed E-state index contributed by atoms with van der Waals surface area (Å²) in [5, 5.41) is 0. The van der Waals surface area contributed by atoms with E-state index in [4.69, 9.17) is 0 Å². The second-order valence-corrected chi connectivity index (χ2v) is 11.1. The summed E-state index contributed by atoms with van der Waals surface area (Å²) in [4.78, 5) is 21.4. The van der Waals surface area contributed by atoms with Crippen LogP contribution >= 0.6 is 0 Å². The first-order valence-corrected chi connectivity index (χ1v) is 13.1. The van der Waals surface area contributed by atoms with Crippen molar-refractivity contribution in [3.8, 4) is 0 Å². The average molecular weight is 934 g/mol. The van der Waals surface area contributed by atoms with Gasteiger partial charge in [-0.25, -0.2) is 14.0 Å². The molecule has 1 aliphatic rings. The minimum absolute atomic E-state index is 0.0767. The fourth-order valence-corrected chi connectivity index (χ4v) is 3.46. The predicted octanol–water partition coefficient (Wildman–Crippen LogP) is 10.4. The molecule has 0 atom stereocenters. The van der Waals surface area contributed by atoms with E-state index in [9.17, 15) is 141 Å². The first-order valence-electron chi connectivity index (χ1n) is 13.1. The lowest BCUT2D eigenvalue weighted by Crippen LogP contribution is -2.84.